The number of hydrogen-bond acceptors (Lipinski definition) is 3. The first kappa shape index (κ1) is 9.98. The fourth-order valence-corrected chi connectivity index (χ4v) is 1.40. The lowest BCUT2D eigenvalue weighted by molar-refractivity contribution is -0.0221. The Bertz CT molecular complexity index is 339. The molecule has 0 bridgehead atoms. The maximum absolute atomic E-state index is 11.0. The lowest BCUT2D eigenvalue weighted by Crippen LogP contribution is -2.31. The molecule has 2 rings (SSSR count). The largest absolute Gasteiger partial charge is 0.445 e. The third-order valence-corrected chi connectivity index (χ3v) is 2.35. The minimum Gasteiger partial charge on any atom is -0.445 e. The molecule has 0 radical (unpaired) electrons. The highest BCUT2D eigenvalue weighted by Crippen LogP contribution is 2.12. The Morgan fingerprint density at radius 1 is 1.47 bits per heavy atom. The second-order valence-electron chi connectivity index (χ2n) is 3.44. The van der Waals surface area contributed by atoms with Crippen molar-refractivity contribution in [1.82, 2.24) is 4.90 Å². The van der Waals surface area contributed by atoms with Gasteiger partial charge >= 0.3 is 6.09 Å². The van der Waals surface area contributed by atoms with Gasteiger partial charge in [0, 0.05) is 7.05 Å². The van der Waals surface area contributed by atoms with E-state index in [1.54, 1.807) is 7.05 Å². The van der Waals surface area contributed by atoms with Crippen LogP contribution in [0.2, 0.25) is 0 Å². The zero-order valence-electron chi connectivity index (χ0n) is 8.55. The van der Waals surface area contributed by atoms with Gasteiger partial charge in [-0.2, -0.15) is 0 Å². The topological polar surface area (TPSA) is 38.8 Å². The van der Waals surface area contributed by atoms with E-state index in [2.05, 4.69) is 0 Å². The van der Waals surface area contributed by atoms with Crippen molar-refractivity contribution in [3.8, 4) is 0 Å². The highest BCUT2D eigenvalue weighted by molar-refractivity contribution is 5.69. The predicted octanol–water partition coefficient (Wildman–Crippen LogP) is 1.61. The summed E-state index contributed by atoms with van der Waals surface area (Å²) in [6, 6.07) is 9.84. The van der Waals surface area contributed by atoms with E-state index in [-0.39, 0.29) is 12.3 Å². The van der Waals surface area contributed by atoms with E-state index in [9.17, 15) is 4.79 Å². The first-order valence-corrected chi connectivity index (χ1v) is 4.82. The van der Waals surface area contributed by atoms with Gasteiger partial charge in [-0.15, -0.1) is 0 Å². The van der Waals surface area contributed by atoms with Crippen molar-refractivity contribution in [2.24, 2.45) is 0 Å². The van der Waals surface area contributed by atoms with E-state index in [1.807, 2.05) is 30.3 Å². The molecule has 1 aliphatic heterocycles. The number of ether oxygens (including phenoxy) is 2. The molecule has 1 heterocycles. The minimum atomic E-state index is -0.326. The first-order chi connectivity index (χ1) is 7.27. The van der Waals surface area contributed by atoms with Gasteiger partial charge in [0.25, 0.3) is 0 Å². The molecule has 80 valence electrons. The van der Waals surface area contributed by atoms with E-state index in [4.69, 9.17) is 9.47 Å². The lowest BCUT2D eigenvalue weighted by atomic mass is 10.2. The van der Waals surface area contributed by atoms with Gasteiger partial charge in [0.2, 0.25) is 0 Å². The standard InChI is InChI=1S/C11H13NO3/c1-12-10(8-15-11(12)13)14-7-9-5-3-2-4-6-9/h2-6,10H,7-8H2,1H3. The molecular weight excluding hydrogens is 194 g/mol. The molecule has 1 atom stereocenters. The Labute approximate surface area is 88.4 Å². The van der Waals surface area contributed by atoms with E-state index in [0.29, 0.717) is 13.2 Å². The summed E-state index contributed by atoms with van der Waals surface area (Å²) in [5.41, 5.74) is 1.09. The van der Waals surface area contributed by atoms with Gasteiger partial charge in [-0.05, 0) is 5.56 Å². The average Bonchev–Trinajstić information content (AvgIpc) is 2.59. The van der Waals surface area contributed by atoms with Gasteiger partial charge in [0.05, 0.1) is 6.61 Å². The zero-order chi connectivity index (χ0) is 10.7. The molecule has 1 unspecified atom stereocenters. The molecular formula is C11H13NO3. The maximum atomic E-state index is 11.0. The molecule has 1 fully saturated rings. The van der Waals surface area contributed by atoms with Gasteiger partial charge in [0.15, 0.2) is 6.23 Å². The summed E-state index contributed by atoms with van der Waals surface area (Å²) in [7, 11) is 1.67. The number of carbonyl (C=O) groups excluding carboxylic acids is 1. The van der Waals surface area contributed by atoms with Crippen LogP contribution in [0.25, 0.3) is 0 Å². The SMILES string of the molecule is CN1C(=O)OCC1OCc1ccccc1. The number of hydrogen-bond donors (Lipinski definition) is 0. The highest BCUT2D eigenvalue weighted by Gasteiger charge is 2.29. The predicted molar refractivity (Wildman–Crippen MR) is 54.1 cm³/mol. The van der Waals surface area contributed by atoms with Gasteiger partial charge in [0.1, 0.15) is 6.61 Å². The van der Waals surface area contributed by atoms with E-state index in [0.717, 1.165) is 5.56 Å². The third kappa shape index (κ3) is 2.27. The monoisotopic (exact) mass is 207 g/mol. The number of nitrogens with zero attached hydrogens (tertiary/aromatic N) is 1. The summed E-state index contributed by atoms with van der Waals surface area (Å²) >= 11 is 0. The number of carbonyl (C=O) groups is 1. The van der Waals surface area contributed by atoms with Crippen molar-refractivity contribution in [3.63, 3.8) is 0 Å². The van der Waals surface area contributed by atoms with Crippen molar-refractivity contribution in [2.75, 3.05) is 13.7 Å². The quantitative estimate of drug-likeness (QED) is 0.755. The van der Waals surface area contributed by atoms with Crippen LogP contribution in [0.1, 0.15) is 5.56 Å². The third-order valence-electron chi connectivity index (χ3n) is 2.35. The van der Waals surface area contributed by atoms with Crippen LogP contribution in [0.5, 0.6) is 0 Å². The van der Waals surface area contributed by atoms with Gasteiger partial charge in [-0.1, -0.05) is 30.3 Å². The highest BCUT2D eigenvalue weighted by atomic mass is 16.6. The van der Waals surface area contributed by atoms with Crippen LogP contribution in [0, 0.1) is 0 Å². The van der Waals surface area contributed by atoms with Crippen LogP contribution >= 0.6 is 0 Å². The molecule has 0 N–H and O–H groups in total. The molecule has 0 aliphatic carbocycles. The number of amides is 1. The van der Waals surface area contributed by atoms with Crippen molar-refractivity contribution < 1.29 is 14.3 Å². The molecule has 0 aromatic heterocycles. The Balaban J connectivity index is 1.87. The van der Waals surface area contributed by atoms with Crippen LogP contribution in [0.4, 0.5) is 4.79 Å². The molecule has 1 aromatic carbocycles. The van der Waals surface area contributed by atoms with Crippen LogP contribution in [0.15, 0.2) is 30.3 Å². The number of rotatable bonds is 3. The normalized spacial score (nSPS) is 20.5. The molecule has 15 heavy (non-hydrogen) atoms. The molecule has 4 nitrogen and oxygen atoms in total. The van der Waals surface area contributed by atoms with Crippen LogP contribution < -0.4 is 0 Å². The Kier molecular flexibility index (Phi) is 2.87. The fraction of sp³-hybridized carbons (Fsp3) is 0.364. The fourth-order valence-electron chi connectivity index (χ4n) is 1.40. The number of likely N-dealkylation sites (N-methyl/N-ethyl adjacent to an activating group) is 1. The maximum Gasteiger partial charge on any atom is 0.411 e. The number of cyclic esters (lactones) is 1. The second kappa shape index (κ2) is 4.31. The average molecular weight is 207 g/mol. The van der Waals surface area contributed by atoms with Crippen molar-refractivity contribution in [2.45, 2.75) is 12.8 Å². The van der Waals surface area contributed by atoms with Crippen molar-refractivity contribution in [3.05, 3.63) is 35.9 Å². The van der Waals surface area contributed by atoms with Crippen LogP contribution in [0.3, 0.4) is 0 Å². The molecule has 1 saturated heterocycles. The van der Waals surface area contributed by atoms with Gasteiger partial charge < -0.3 is 9.47 Å². The summed E-state index contributed by atoms with van der Waals surface area (Å²) in [6.07, 6.45) is -0.592. The summed E-state index contributed by atoms with van der Waals surface area (Å²) in [5.74, 6) is 0. The molecule has 1 amide bonds. The zero-order valence-corrected chi connectivity index (χ0v) is 8.55. The summed E-state index contributed by atoms with van der Waals surface area (Å²) in [6.45, 7) is 0.800. The summed E-state index contributed by atoms with van der Waals surface area (Å²) in [4.78, 5) is 12.5. The Morgan fingerprint density at radius 3 is 2.80 bits per heavy atom. The van der Waals surface area contributed by atoms with Crippen molar-refractivity contribution in [1.29, 1.82) is 0 Å². The Morgan fingerprint density at radius 2 is 2.20 bits per heavy atom. The second-order valence-corrected chi connectivity index (χ2v) is 3.44. The van der Waals surface area contributed by atoms with Gasteiger partial charge in [-0.25, -0.2) is 4.79 Å². The molecule has 0 saturated carbocycles. The minimum absolute atomic E-state index is 0.266. The van der Waals surface area contributed by atoms with Crippen molar-refractivity contribution >= 4 is 6.09 Å². The van der Waals surface area contributed by atoms with Crippen LogP contribution in [-0.4, -0.2) is 30.9 Å². The molecule has 0 spiro atoms. The van der Waals surface area contributed by atoms with E-state index in [1.165, 1.54) is 4.90 Å². The number of benzene rings is 1. The summed E-state index contributed by atoms with van der Waals surface area (Å²) in [5, 5.41) is 0. The Hall–Kier alpha value is -1.55. The molecule has 4 heteroatoms. The van der Waals surface area contributed by atoms with E-state index >= 15 is 0 Å². The summed E-state index contributed by atoms with van der Waals surface area (Å²) < 4.78 is 10.4. The van der Waals surface area contributed by atoms with Gasteiger partial charge in [-0.3, -0.25) is 4.90 Å². The van der Waals surface area contributed by atoms with E-state index < -0.39 is 0 Å². The lowest BCUT2D eigenvalue weighted by Gasteiger charge is -2.16. The molecule has 1 aromatic rings. The smallest absolute Gasteiger partial charge is 0.411 e. The first-order valence-electron chi connectivity index (χ1n) is 4.82. The molecule has 1 aliphatic rings. The van der Waals surface area contributed by atoms with Crippen LogP contribution in [-0.2, 0) is 16.1 Å².